The van der Waals surface area contributed by atoms with Gasteiger partial charge in [-0.15, -0.1) is 0 Å². The monoisotopic (exact) mass is 317 g/mol. The van der Waals surface area contributed by atoms with Crippen LogP contribution in [-0.4, -0.2) is 16.9 Å². The smallest absolute Gasteiger partial charge is 0.281 e. The van der Waals surface area contributed by atoms with Gasteiger partial charge in [0.15, 0.2) is 10.8 Å². The quantitative estimate of drug-likeness (QED) is 0.858. The van der Waals surface area contributed by atoms with E-state index in [0.717, 1.165) is 21.9 Å². The first-order chi connectivity index (χ1) is 10.5. The van der Waals surface area contributed by atoms with E-state index < -0.39 is 17.7 Å². The molecule has 1 fully saturated rings. The van der Waals surface area contributed by atoms with Gasteiger partial charge in [-0.3, -0.25) is 5.41 Å². The van der Waals surface area contributed by atoms with Crippen LogP contribution in [0.1, 0.15) is 0 Å². The molecular formula is C15H9F2N3OS. The van der Waals surface area contributed by atoms with Gasteiger partial charge in [-0.25, -0.2) is 23.4 Å². The van der Waals surface area contributed by atoms with Crippen LogP contribution in [0.2, 0.25) is 0 Å². The highest BCUT2D eigenvalue weighted by atomic mass is 32.1. The van der Waals surface area contributed by atoms with Crippen molar-refractivity contribution in [2.45, 2.75) is 0 Å². The molecule has 0 bridgehead atoms. The van der Waals surface area contributed by atoms with Crippen LogP contribution < -0.4 is 9.80 Å². The molecule has 1 saturated heterocycles. The van der Waals surface area contributed by atoms with E-state index >= 15 is 0 Å². The summed E-state index contributed by atoms with van der Waals surface area (Å²) in [5.74, 6) is -2.02. The van der Waals surface area contributed by atoms with Crippen molar-refractivity contribution < 1.29 is 13.6 Å². The second kappa shape index (κ2) is 5.27. The molecule has 1 aliphatic rings. The normalized spacial score (nSPS) is 14.9. The average Bonchev–Trinajstić information content (AvgIpc) is 2.71. The molecule has 0 aliphatic carbocycles. The number of carbonyl (C=O) groups is 1. The van der Waals surface area contributed by atoms with Gasteiger partial charge in [-0.2, -0.15) is 0 Å². The van der Waals surface area contributed by atoms with Crippen LogP contribution in [0.4, 0.5) is 25.0 Å². The van der Waals surface area contributed by atoms with E-state index in [4.69, 9.17) is 17.6 Å². The summed E-state index contributed by atoms with van der Waals surface area (Å²) in [6.45, 7) is 0. The van der Waals surface area contributed by atoms with Crippen molar-refractivity contribution in [2.75, 3.05) is 9.80 Å². The lowest BCUT2D eigenvalue weighted by molar-refractivity contribution is 0.257. The van der Waals surface area contributed by atoms with Gasteiger partial charge in [-0.1, -0.05) is 30.4 Å². The number of carbonyl (C=O) groups excluding carboxylic acids is 1. The summed E-state index contributed by atoms with van der Waals surface area (Å²) in [4.78, 5) is 14.4. The molecule has 1 heterocycles. The Morgan fingerprint density at radius 3 is 2.32 bits per heavy atom. The van der Waals surface area contributed by atoms with Crippen molar-refractivity contribution in [2.24, 2.45) is 0 Å². The minimum absolute atomic E-state index is 0.0417. The lowest BCUT2D eigenvalue weighted by Gasteiger charge is -2.17. The van der Waals surface area contributed by atoms with E-state index in [0.29, 0.717) is 11.8 Å². The van der Waals surface area contributed by atoms with E-state index in [1.54, 1.807) is 30.3 Å². The van der Waals surface area contributed by atoms with E-state index in [1.165, 1.54) is 0 Å². The fourth-order valence-corrected chi connectivity index (χ4v) is 2.45. The zero-order chi connectivity index (χ0) is 15.9. The highest BCUT2D eigenvalue weighted by Crippen LogP contribution is 2.29. The van der Waals surface area contributed by atoms with Crippen molar-refractivity contribution in [1.82, 2.24) is 0 Å². The first-order valence-electron chi connectivity index (χ1n) is 6.28. The molecule has 2 aromatic rings. The Labute approximate surface area is 130 Å². The predicted octanol–water partition coefficient (Wildman–Crippen LogP) is 3.72. The Kier molecular flexibility index (Phi) is 3.42. The Balaban J connectivity index is 2.06. The number of amides is 2. The molecule has 0 spiro atoms. The second-order valence-electron chi connectivity index (χ2n) is 4.54. The van der Waals surface area contributed by atoms with Crippen LogP contribution in [0.5, 0.6) is 0 Å². The third-order valence-corrected chi connectivity index (χ3v) is 3.55. The fraction of sp³-hybridized carbons (Fsp3) is 0. The molecule has 0 aromatic heterocycles. The van der Waals surface area contributed by atoms with Crippen LogP contribution in [0.25, 0.3) is 0 Å². The largest absolute Gasteiger partial charge is 0.340 e. The topological polar surface area (TPSA) is 47.4 Å². The summed E-state index contributed by atoms with van der Waals surface area (Å²) < 4.78 is 26.9. The number of hydrogen-bond acceptors (Lipinski definition) is 3. The molecule has 22 heavy (non-hydrogen) atoms. The number of halogens is 2. The van der Waals surface area contributed by atoms with Crippen molar-refractivity contribution in [1.29, 1.82) is 5.41 Å². The van der Waals surface area contributed by atoms with Crippen molar-refractivity contribution in [3.05, 3.63) is 60.2 Å². The number of hydrogen-bond donors (Lipinski definition) is 1. The molecule has 1 N–H and O–H groups in total. The number of thiocarbonyl (C=S) groups is 1. The van der Waals surface area contributed by atoms with E-state index in [1.807, 2.05) is 0 Å². The van der Waals surface area contributed by atoms with Gasteiger partial charge in [0.05, 0.1) is 11.4 Å². The molecule has 3 rings (SSSR count). The van der Waals surface area contributed by atoms with Crippen LogP contribution >= 0.6 is 12.2 Å². The molecule has 0 saturated carbocycles. The van der Waals surface area contributed by atoms with Crippen LogP contribution in [0, 0.1) is 17.0 Å². The van der Waals surface area contributed by atoms with Crippen LogP contribution in [0.3, 0.4) is 0 Å². The van der Waals surface area contributed by atoms with Gasteiger partial charge in [0.25, 0.3) is 0 Å². The number of amidine groups is 1. The standard InChI is InChI=1S/C15H9F2N3OS/c16-9-6-7-12(11(17)8-9)20-13(18)14(22)19(15(20)21)10-4-2-1-3-5-10/h1-8,18H. The van der Waals surface area contributed by atoms with Crippen molar-refractivity contribution in [3.63, 3.8) is 0 Å². The Bertz CT molecular complexity index is 795. The number of nitrogens with one attached hydrogen (secondary N) is 1. The van der Waals surface area contributed by atoms with E-state index in [-0.39, 0.29) is 16.5 Å². The maximum absolute atomic E-state index is 13.9. The Hall–Kier alpha value is -2.67. The zero-order valence-electron chi connectivity index (χ0n) is 11.1. The van der Waals surface area contributed by atoms with Gasteiger partial charge in [0.2, 0.25) is 0 Å². The summed E-state index contributed by atoms with van der Waals surface area (Å²) in [5, 5.41) is 7.97. The SMILES string of the molecule is N=C1C(=S)N(c2ccccc2)C(=O)N1c1ccc(F)cc1F. The molecule has 2 amide bonds. The summed E-state index contributed by atoms with van der Waals surface area (Å²) in [6.07, 6.45) is 0. The number of benzene rings is 2. The minimum Gasteiger partial charge on any atom is -0.281 e. The number of anilines is 2. The van der Waals surface area contributed by atoms with Gasteiger partial charge in [0.1, 0.15) is 11.6 Å². The fourth-order valence-electron chi connectivity index (χ4n) is 2.17. The lowest BCUT2D eigenvalue weighted by atomic mass is 10.2. The molecule has 110 valence electrons. The van der Waals surface area contributed by atoms with Crippen molar-refractivity contribution in [3.8, 4) is 0 Å². The predicted molar refractivity (Wildman–Crippen MR) is 83.5 cm³/mol. The Morgan fingerprint density at radius 2 is 1.68 bits per heavy atom. The van der Waals surface area contributed by atoms with Crippen LogP contribution in [0.15, 0.2) is 48.5 Å². The average molecular weight is 317 g/mol. The van der Waals surface area contributed by atoms with Gasteiger partial charge >= 0.3 is 6.03 Å². The van der Waals surface area contributed by atoms with Gasteiger partial charge in [-0.05, 0) is 24.3 Å². The summed E-state index contributed by atoms with van der Waals surface area (Å²) in [6, 6.07) is 10.6. The van der Waals surface area contributed by atoms with E-state index in [9.17, 15) is 13.6 Å². The maximum atomic E-state index is 13.9. The maximum Gasteiger partial charge on any atom is 0.340 e. The lowest BCUT2D eigenvalue weighted by Crippen LogP contribution is -2.33. The Morgan fingerprint density at radius 1 is 1.00 bits per heavy atom. The van der Waals surface area contributed by atoms with Crippen molar-refractivity contribution >= 4 is 40.4 Å². The van der Waals surface area contributed by atoms with Crippen LogP contribution in [-0.2, 0) is 0 Å². The number of nitrogens with zero attached hydrogens (tertiary/aromatic N) is 2. The number of para-hydroxylation sites is 1. The molecule has 2 aromatic carbocycles. The summed E-state index contributed by atoms with van der Waals surface area (Å²) in [7, 11) is 0. The molecule has 7 heteroatoms. The third kappa shape index (κ3) is 2.15. The molecule has 1 aliphatic heterocycles. The number of urea groups is 1. The second-order valence-corrected chi connectivity index (χ2v) is 4.93. The highest BCUT2D eigenvalue weighted by Gasteiger charge is 2.41. The first-order valence-corrected chi connectivity index (χ1v) is 6.68. The molecule has 0 atom stereocenters. The number of rotatable bonds is 2. The molecule has 4 nitrogen and oxygen atoms in total. The van der Waals surface area contributed by atoms with Gasteiger partial charge < -0.3 is 0 Å². The summed E-state index contributed by atoms with van der Waals surface area (Å²) in [5.41, 5.74) is 0.268. The van der Waals surface area contributed by atoms with Gasteiger partial charge in [0, 0.05) is 6.07 Å². The zero-order valence-corrected chi connectivity index (χ0v) is 11.9. The summed E-state index contributed by atoms with van der Waals surface area (Å²) >= 11 is 5.11. The molecule has 0 radical (unpaired) electrons. The first kappa shape index (κ1) is 14.3. The van der Waals surface area contributed by atoms with E-state index in [2.05, 4.69) is 0 Å². The molecular weight excluding hydrogens is 308 g/mol. The molecule has 0 unspecified atom stereocenters. The highest BCUT2D eigenvalue weighted by molar-refractivity contribution is 7.82. The third-order valence-electron chi connectivity index (χ3n) is 3.18. The minimum atomic E-state index is -0.934.